The molecule has 2 unspecified atom stereocenters. The van der Waals surface area contributed by atoms with Gasteiger partial charge in [-0.25, -0.2) is 0 Å². The lowest BCUT2D eigenvalue weighted by Crippen LogP contribution is -2.44. The Bertz CT molecular complexity index is 443. The highest BCUT2D eigenvalue weighted by Gasteiger charge is 2.41. The maximum atomic E-state index is 12.4. The molecule has 0 rings (SSSR count). The fraction of sp³-hybridized carbons (Fsp3) is 0.818. The van der Waals surface area contributed by atoms with Gasteiger partial charge in [0.05, 0.1) is 27.7 Å². The summed E-state index contributed by atoms with van der Waals surface area (Å²) in [6.45, 7) is 6.06. The van der Waals surface area contributed by atoms with Gasteiger partial charge in [0.25, 0.3) is 0 Å². The minimum atomic E-state index is -3.55. The molecule has 0 bridgehead atoms. The summed E-state index contributed by atoms with van der Waals surface area (Å²) >= 11 is 0. The van der Waals surface area contributed by atoms with E-state index in [0.29, 0.717) is 17.5 Å². The molecule has 0 heterocycles. The number of allylic oxidation sites excluding steroid dienone is 3. The minimum absolute atomic E-state index is 0.352. The predicted octanol–water partition coefficient (Wildman–Crippen LogP) is 6.66. The summed E-state index contributed by atoms with van der Waals surface area (Å²) in [7, 11) is 2.28. The molecule has 160 valence electrons. The Morgan fingerprint density at radius 2 is 1.44 bits per heavy atom. The van der Waals surface area contributed by atoms with Gasteiger partial charge >= 0.3 is 7.60 Å². The van der Waals surface area contributed by atoms with Crippen LogP contribution in [0.3, 0.4) is 0 Å². The number of hydrogen-bond donors (Lipinski definition) is 1. The van der Waals surface area contributed by atoms with E-state index in [1.165, 1.54) is 44.9 Å². The molecular weight excluding hydrogens is 357 g/mol. The van der Waals surface area contributed by atoms with Gasteiger partial charge in [-0.05, 0) is 32.1 Å². The van der Waals surface area contributed by atoms with E-state index < -0.39 is 7.60 Å². The molecule has 0 aromatic carbocycles. The molecule has 0 radical (unpaired) electrons. The van der Waals surface area contributed by atoms with Gasteiger partial charge in [-0.3, -0.25) is 4.57 Å². The first-order valence-electron chi connectivity index (χ1n) is 10.8. The highest BCUT2D eigenvalue weighted by molar-refractivity contribution is 7.53. The lowest BCUT2D eigenvalue weighted by molar-refractivity contribution is -0.883. The van der Waals surface area contributed by atoms with Crippen molar-refractivity contribution >= 4 is 7.60 Å². The Hall–Kier alpha value is -0.410. The molecule has 0 saturated heterocycles. The standard InChI is InChI=1S/C22H44NO3P/c1-6-8-9-10-11-12-13-14-15-16-17-18-19-20-21-26-27(24,25)22(7-2)23(3,4)5/h6,10-11,22H,1,7-9,12-21H2,2-5H3/p+1/b11-10-. The summed E-state index contributed by atoms with van der Waals surface area (Å²) in [5.41, 5.74) is 0. The number of quaternary nitrogens is 1. The normalized spacial score (nSPS) is 15.7. The number of hydrogen-bond acceptors (Lipinski definition) is 2. The Morgan fingerprint density at radius 3 is 1.96 bits per heavy atom. The molecule has 0 fully saturated rings. The van der Waals surface area contributed by atoms with E-state index in [9.17, 15) is 9.46 Å². The summed E-state index contributed by atoms with van der Waals surface area (Å²) < 4.78 is 18.3. The van der Waals surface area contributed by atoms with Crippen molar-refractivity contribution in [3.8, 4) is 0 Å². The molecule has 0 aliphatic carbocycles. The number of unbranched alkanes of at least 4 members (excludes halogenated alkanes) is 9. The van der Waals surface area contributed by atoms with Crippen LogP contribution in [0.4, 0.5) is 0 Å². The van der Waals surface area contributed by atoms with Crippen molar-refractivity contribution in [1.29, 1.82) is 0 Å². The number of rotatable bonds is 18. The summed E-state index contributed by atoms with van der Waals surface area (Å²) in [6.07, 6.45) is 20.1. The van der Waals surface area contributed by atoms with Crippen LogP contribution in [0.25, 0.3) is 0 Å². The first-order chi connectivity index (χ1) is 12.8. The largest absolute Gasteiger partial charge is 0.385 e. The Morgan fingerprint density at radius 1 is 0.926 bits per heavy atom. The van der Waals surface area contributed by atoms with E-state index in [2.05, 4.69) is 18.7 Å². The molecule has 0 aliphatic heterocycles. The van der Waals surface area contributed by atoms with Crippen molar-refractivity contribution in [3.63, 3.8) is 0 Å². The molecular formula is C22H45NO3P+. The zero-order valence-electron chi connectivity index (χ0n) is 18.4. The quantitative estimate of drug-likeness (QED) is 0.121. The van der Waals surface area contributed by atoms with Gasteiger partial charge in [0, 0.05) is 6.42 Å². The van der Waals surface area contributed by atoms with Crippen LogP contribution < -0.4 is 0 Å². The monoisotopic (exact) mass is 402 g/mol. The van der Waals surface area contributed by atoms with Gasteiger partial charge in [0.2, 0.25) is 0 Å². The third-order valence-corrected chi connectivity index (χ3v) is 7.25. The maximum Gasteiger partial charge on any atom is 0.385 e. The molecule has 0 aromatic rings. The highest BCUT2D eigenvalue weighted by Crippen LogP contribution is 2.51. The predicted molar refractivity (Wildman–Crippen MR) is 118 cm³/mol. The average molecular weight is 403 g/mol. The van der Waals surface area contributed by atoms with Gasteiger partial charge in [0.15, 0.2) is 5.78 Å². The zero-order valence-corrected chi connectivity index (χ0v) is 19.3. The molecule has 0 saturated carbocycles. The summed E-state index contributed by atoms with van der Waals surface area (Å²) in [4.78, 5) is 10.2. The number of nitrogens with zero attached hydrogens (tertiary/aromatic N) is 1. The van der Waals surface area contributed by atoms with Gasteiger partial charge in [-0.1, -0.05) is 63.7 Å². The van der Waals surface area contributed by atoms with E-state index in [4.69, 9.17) is 4.52 Å². The third kappa shape index (κ3) is 14.3. The molecule has 0 amide bonds. The second-order valence-electron chi connectivity index (χ2n) is 8.36. The summed E-state index contributed by atoms with van der Waals surface area (Å²) in [6, 6.07) is 0. The fourth-order valence-corrected chi connectivity index (χ4v) is 5.27. The van der Waals surface area contributed by atoms with E-state index in [0.717, 1.165) is 25.7 Å². The lowest BCUT2D eigenvalue weighted by atomic mass is 10.1. The van der Waals surface area contributed by atoms with Crippen molar-refractivity contribution in [2.24, 2.45) is 0 Å². The van der Waals surface area contributed by atoms with Crippen molar-refractivity contribution in [1.82, 2.24) is 0 Å². The second kappa shape index (κ2) is 15.5. The van der Waals surface area contributed by atoms with Gasteiger partial charge < -0.3 is 13.9 Å². The molecule has 4 nitrogen and oxygen atoms in total. The molecule has 0 spiro atoms. The van der Waals surface area contributed by atoms with Crippen LogP contribution in [0.2, 0.25) is 0 Å². The Kier molecular flexibility index (Phi) is 15.3. The van der Waals surface area contributed by atoms with E-state index in [1.54, 1.807) is 0 Å². The van der Waals surface area contributed by atoms with E-state index in [-0.39, 0.29) is 5.78 Å². The van der Waals surface area contributed by atoms with Crippen molar-refractivity contribution in [2.45, 2.75) is 89.8 Å². The van der Waals surface area contributed by atoms with Crippen LogP contribution in [0.15, 0.2) is 24.8 Å². The Balaban J connectivity index is 3.58. The van der Waals surface area contributed by atoms with E-state index in [1.807, 2.05) is 34.1 Å². The average Bonchev–Trinajstić information content (AvgIpc) is 2.57. The summed E-state index contributed by atoms with van der Waals surface area (Å²) in [5, 5.41) is 0. The minimum Gasteiger partial charge on any atom is -0.320 e. The molecule has 1 N–H and O–H groups in total. The lowest BCUT2D eigenvalue weighted by Gasteiger charge is -2.35. The highest BCUT2D eigenvalue weighted by atomic mass is 31.2. The Labute approximate surface area is 168 Å². The third-order valence-electron chi connectivity index (χ3n) is 4.88. The first kappa shape index (κ1) is 26.6. The molecule has 2 atom stereocenters. The topological polar surface area (TPSA) is 46.5 Å². The van der Waals surface area contributed by atoms with Crippen LogP contribution in [0.1, 0.15) is 84.0 Å². The van der Waals surface area contributed by atoms with Gasteiger partial charge in [-0.15, -0.1) is 6.58 Å². The molecule has 5 heteroatoms. The van der Waals surface area contributed by atoms with Gasteiger partial charge in [0.1, 0.15) is 0 Å². The SMILES string of the molecule is C=CCC/C=C\CCCCCCCCCCOP(=O)(O)C(CC)[N+](C)(C)C. The summed E-state index contributed by atoms with van der Waals surface area (Å²) in [5.74, 6) is -0.352. The zero-order chi connectivity index (χ0) is 20.6. The van der Waals surface area contributed by atoms with Crippen molar-refractivity contribution in [2.75, 3.05) is 27.7 Å². The smallest absolute Gasteiger partial charge is 0.320 e. The van der Waals surface area contributed by atoms with Crippen molar-refractivity contribution in [3.05, 3.63) is 24.8 Å². The van der Waals surface area contributed by atoms with Crippen LogP contribution in [-0.2, 0) is 9.09 Å². The second-order valence-corrected chi connectivity index (χ2v) is 10.3. The molecule has 0 aliphatic rings. The fourth-order valence-electron chi connectivity index (χ4n) is 3.37. The van der Waals surface area contributed by atoms with Crippen molar-refractivity contribution < 1.29 is 18.5 Å². The maximum absolute atomic E-state index is 12.4. The van der Waals surface area contributed by atoms with Crippen LogP contribution in [0.5, 0.6) is 0 Å². The van der Waals surface area contributed by atoms with E-state index >= 15 is 0 Å². The molecule has 27 heavy (non-hydrogen) atoms. The van der Waals surface area contributed by atoms with Crippen LogP contribution in [-0.4, -0.2) is 42.9 Å². The first-order valence-corrected chi connectivity index (χ1v) is 12.4. The van der Waals surface area contributed by atoms with Crippen LogP contribution in [0, 0.1) is 0 Å². The van der Waals surface area contributed by atoms with Crippen LogP contribution >= 0.6 is 7.60 Å². The van der Waals surface area contributed by atoms with Gasteiger partial charge in [-0.2, -0.15) is 0 Å². The molecule has 0 aromatic heterocycles.